The molecular formula is C15H22O6S. The Kier molecular flexibility index (Phi) is 4.93. The Hall–Kier alpha value is -0.990. The van der Waals surface area contributed by atoms with Gasteiger partial charge in [-0.05, 0) is 19.1 Å². The Labute approximate surface area is 131 Å². The maximum Gasteiger partial charge on any atom is 0.296 e. The van der Waals surface area contributed by atoms with Gasteiger partial charge in [-0.2, -0.15) is 8.42 Å². The Morgan fingerprint density at radius 1 is 1.14 bits per heavy atom. The molecule has 6 nitrogen and oxygen atoms in total. The summed E-state index contributed by atoms with van der Waals surface area (Å²) < 4.78 is 40.0. The highest BCUT2D eigenvalue weighted by atomic mass is 32.2. The van der Waals surface area contributed by atoms with Crippen molar-refractivity contribution in [2.24, 2.45) is 5.41 Å². The summed E-state index contributed by atoms with van der Waals surface area (Å²) in [6.07, 6.45) is 0.764. The normalized spacial score (nSPS) is 19.6. The first kappa shape index (κ1) is 17.4. The Morgan fingerprint density at radius 3 is 2.14 bits per heavy atom. The molecule has 7 heteroatoms. The van der Waals surface area contributed by atoms with Gasteiger partial charge in [0.05, 0.1) is 18.1 Å². The Morgan fingerprint density at radius 2 is 1.68 bits per heavy atom. The number of benzene rings is 1. The van der Waals surface area contributed by atoms with Crippen LogP contribution < -0.4 is 0 Å². The molecule has 0 aliphatic heterocycles. The van der Waals surface area contributed by atoms with E-state index in [1.165, 1.54) is 26.4 Å². The van der Waals surface area contributed by atoms with Gasteiger partial charge in [0.15, 0.2) is 5.79 Å². The average molecular weight is 330 g/mol. The third-order valence-corrected chi connectivity index (χ3v) is 5.48. The lowest BCUT2D eigenvalue weighted by Gasteiger charge is -2.52. The van der Waals surface area contributed by atoms with E-state index in [-0.39, 0.29) is 18.1 Å². The van der Waals surface area contributed by atoms with Crippen LogP contribution in [0.2, 0.25) is 0 Å². The van der Waals surface area contributed by atoms with Crippen LogP contribution in [0.5, 0.6) is 0 Å². The predicted octanol–water partition coefficient (Wildman–Crippen LogP) is 1.46. The van der Waals surface area contributed by atoms with Gasteiger partial charge in [-0.25, -0.2) is 0 Å². The van der Waals surface area contributed by atoms with E-state index < -0.39 is 21.3 Å². The molecular weight excluding hydrogens is 308 g/mol. The first-order valence-corrected chi connectivity index (χ1v) is 8.38. The largest absolute Gasteiger partial charge is 0.396 e. The SMILES string of the molecule is COC1(OC)CC(CO)(COS(=O)(=O)c2ccc(C)cc2)C1. The lowest BCUT2D eigenvalue weighted by Crippen LogP contribution is -2.58. The number of aliphatic hydroxyl groups is 1. The van der Waals surface area contributed by atoms with Crippen LogP contribution in [0.25, 0.3) is 0 Å². The van der Waals surface area contributed by atoms with E-state index in [1.807, 2.05) is 6.92 Å². The number of methoxy groups -OCH3 is 2. The van der Waals surface area contributed by atoms with Crippen LogP contribution in [0, 0.1) is 12.3 Å². The molecule has 0 radical (unpaired) electrons. The van der Waals surface area contributed by atoms with E-state index in [0.717, 1.165) is 5.56 Å². The molecule has 0 aromatic heterocycles. The van der Waals surface area contributed by atoms with Crippen LogP contribution in [0.4, 0.5) is 0 Å². The van der Waals surface area contributed by atoms with E-state index in [4.69, 9.17) is 13.7 Å². The van der Waals surface area contributed by atoms with Crippen molar-refractivity contribution in [1.82, 2.24) is 0 Å². The van der Waals surface area contributed by atoms with Gasteiger partial charge in [0.25, 0.3) is 10.1 Å². The van der Waals surface area contributed by atoms with Crippen LogP contribution in [-0.4, -0.2) is 46.7 Å². The molecule has 0 atom stereocenters. The summed E-state index contributed by atoms with van der Waals surface area (Å²) in [4.78, 5) is 0.107. The van der Waals surface area contributed by atoms with Gasteiger partial charge in [-0.3, -0.25) is 4.18 Å². The number of aryl methyl sites for hydroxylation is 1. The van der Waals surface area contributed by atoms with Gasteiger partial charge < -0.3 is 14.6 Å². The molecule has 1 aliphatic carbocycles. The number of ether oxygens (including phenoxy) is 2. The fraction of sp³-hybridized carbons (Fsp3) is 0.600. The van der Waals surface area contributed by atoms with Crippen molar-refractivity contribution in [3.05, 3.63) is 29.8 Å². The molecule has 0 bridgehead atoms. The fourth-order valence-corrected chi connectivity index (χ4v) is 3.71. The molecule has 22 heavy (non-hydrogen) atoms. The zero-order chi connectivity index (χ0) is 16.4. The first-order valence-electron chi connectivity index (χ1n) is 6.98. The summed E-state index contributed by atoms with van der Waals surface area (Å²) in [6.45, 7) is 1.58. The summed E-state index contributed by atoms with van der Waals surface area (Å²) in [5.41, 5.74) is 0.304. The minimum Gasteiger partial charge on any atom is -0.396 e. The first-order chi connectivity index (χ1) is 10.3. The van der Waals surface area contributed by atoms with Crippen molar-refractivity contribution < 1.29 is 27.2 Å². The van der Waals surface area contributed by atoms with Crippen LogP contribution in [0.1, 0.15) is 18.4 Å². The molecule has 124 valence electrons. The Balaban J connectivity index is 2.04. The zero-order valence-electron chi connectivity index (χ0n) is 13.0. The molecule has 1 aliphatic rings. The van der Waals surface area contributed by atoms with Crippen LogP contribution >= 0.6 is 0 Å². The predicted molar refractivity (Wildman–Crippen MR) is 79.8 cm³/mol. The minimum atomic E-state index is -3.84. The van der Waals surface area contributed by atoms with Gasteiger partial charge in [0.2, 0.25) is 0 Å². The molecule has 1 N–H and O–H groups in total. The second-order valence-electron chi connectivity index (χ2n) is 5.86. The summed E-state index contributed by atoms with van der Waals surface area (Å²) in [5, 5.41) is 9.58. The number of hydrogen-bond donors (Lipinski definition) is 1. The van der Waals surface area contributed by atoms with Crippen LogP contribution in [-0.2, 0) is 23.8 Å². The van der Waals surface area contributed by atoms with E-state index in [0.29, 0.717) is 12.8 Å². The van der Waals surface area contributed by atoms with E-state index in [1.54, 1.807) is 12.1 Å². The lowest BCUT2D eigenvalue weighted by molar-refractivity contribution is -0.306. The zero-order valence-corrected chi connectivity index (χ0v) is 13.9. The monoisotopic (exact) mass is 330 g/mol. The van der Waals surface area contributed by atoms with Crippen LogP contribution in [0.15, 0.2) is 29.2 Å². The van der Waals surface area contributed by atoms with Crippen molar-refractivity contribution >= 4 is 10.1 Å². The quantitative estimate of drug-likeness (QED) is 0.602. The van der Waals surface area contributed by atoms with Crippen molar-refractivity contribution in [2.45, 2.75) is 30.4 Å². The molecule has 0 amide bonds. The van der Waals surface area contributed by atoms with Gasteiger partial charge in [-0.15, -0.1) is 0 Å². The molecule has 0 heterocycles. The Bertz CT molecular complexity index is 595. The standard InChI is InChI=1S/C15H22O6S/c1-12-4-6-13(7-5-12)22(17,18)21-11-14(10-16)8-15(9-14,19-2)20-3/h4-7,16H,8-11H2,1-3H3. The van der Waals surface area contributed by atoms with E-state index >= 15 is 0 Å². The summed E-state index contributed by atoms with van der Waals surface area (Å²) >= 11 is 0. The van der Waals surface area contributed by atoms with Crippen molar-refractivity contribution in [3.63, 3.8) is 0 Å². The highest BCUT2D eigenvalue weighted by Crippen LogP contribution is 2.51. The molecule has 1 aromatic carbocycles. The molecule has 1 fully saturated rings. The summed E-state index contributed by atoms with van der Waals surface area (Å²) in [5.74, 6) is -0.764. The van der Waals surface area contributed by atoms with Gasteiger partial charge in [0, 0.05) is 32.5 Å². The number of hydrogen-bond acceptors (Lipinski definition) is 6. The van der Waals surface area contributed by atoms with Crippen LogP contribution in [0.3, 0.4) is 0 Å². The topological polar surface area (TPSA) is 82.1 Å². The smallest absolute Gasteiger partial charge is 0.296 e. The van der Waals surface area contributed by atoms with Gasteiger partial charge in [0.1, 0.15) is 0 Å². The van der Waals surface area contributed by atoms with E-state index in [9.17, 15) is 13.5 Å². The molecule has 0 saturated heterocycles. The van der Waals surface area contributed by atoms with Gasteiger partial charge in [-0.1, -0.05) is 17.7 Å². The van der Waals surface area contributed by atoms with Gasteiger partial charge >= 0.3 is 0 Å². The van der Waals surface area contributed by atoms with Crippen molar-refractivity contribution in [3.8, 4) is 0 Å². The molecule has 0 unspecified atom stereocenters. The molecule has 0 spiro atoms. The summed E-state index contributed by atoms with van der Waals surface area (Å²) in [7, 11) is -0.795. The lowest BCUT2D eigenvalue weighted by atomic mass is 9.65. The third kappa shape index (κ3) is 3.33. The minimum absolute atomic E-state index is 0.103. The highest BCUT2D eigenvalue weighted by Gasteiger charge is 2.56. The summed E-state index contributed by atoms with van der Waals surface area (Å²) in [6, 6.07) is 6.43. The maximum absolute atomic E-state index is 12.2. The van der Waals surface area contributed by atoms with Crippen molar-refractivity contribution in [1.29, 1.82) is 0 Å². The van der Waals surface area contributed by atoms with Crippen molar-refractivity contribution in [2.75, 3.05) is 27.4 Å². The second-order valence-corrected chi connectivity index (χ2v) is 7.48. The average Bonchev–Trinajstić information content (AvgIpc) is 2.48. The molecule has 1 saturated carbocycles. The second kappa shape index (κ2) is 6.25. The van der Waals surface area contributed by atoms with E-state index in [2.05, 4.69) is 0 Å². The molecule has 2 rings (SSSR count). The maximum atomic E-state index is 12.2. The highest BCUT2D eigenvalue weighted by molar-refractivity contribution is 7.86. The fourth-order valence-electron chi connectivity index (χ4n) is 2.70. The molecule has 1 aromatic rings. The third-order valence-electron chi connectivity index (χ3n) is 4.20. The number of aliphatic hydroxyl groups excluding tert-OH is 1. The number of rotatable bonds is 7.